The van der Waals surface area contributed by atoms with Crippen molar-refractivity contribution in [3.63, 3.8) is 0 Å². The van der Waals surface area contributed by atoms with Gasteiger partial charge in [-0.15, -0.1) is 0 Å². The number of unbranched alkanes of at least 4 members (excludes halogenated alkanes) is 1. The number of ether oxygens (including phenoxy) is 1. The first kappa shape index (κ1) is 43.6. The van der Waals surface area contributed by atoms with Crippen LogP contribution in [-0.2, 0) is 6.42 Å². The number of nitrogens with zero attached hydrogens (tertiary/aromatic N) is 1. The van der Waals surface area contributed by atoms with Gasteiger partial charge in [0.15, 0.2) is 0 Å². The maximum absolute atomic E-state index is 6.27. The minimum Gasteiger partial charge on any atom is -0.496 e. The lowest BCUT2D eigenvalue weighted by atomic mass is 9.81. The van der Waals surface area contributed by atoms with Gasteiger partial charge in [0.2, 0.25) is 0 Å². The minimum absolute atomic E-state index is 0.902. The molecule has 2 heteroatoms. The molecule has 346 valence electrons. The van der Waals surface area contributed by atoms with Crippen molar-refractivity contribution < 1.29 is 4.74 Å². The molecule has 2 nitrogen and oxygen atoms in total. The molecule has 0 saturated heterocycles. The van der Waals surface area contributed by atoms with Gasteiger partial charge >= 0.3 is 0 Å². The van der Waals surface area contributed by atoms with Crippen LogP contribution in [0, 0.1) is 20.8 Å². The number of benzene rings is 13. The van der Waals surface area contributed by atoms with E-state index in [9.17, 15) is 0 Å². The first-order valence-corrected chi connectivity index (χ1v) is 25.6. The molecule has 0 bridgehead atoms. The Morgan fingerprint density at radius 2 is 0.847 bits per heavy atom. The Labute approximate surface area is 421 Å². The highest BCUT2D eigenvalue weighted by atomic mass is 16.5. The molecule has 0 aliphatic carbocycles. The molecule has 0 unspecified atom stereocenters. The quantitative estimate of drug-likeness (QED) is 0.100. The first-order chi connectivity index (χ1) is 35.4. The number of methoxy groups -OCH3 is 1. The molecule has 0 N–H and O–H groups in total. The van der Waals surface area contributed by atoms with Gasteiger partial charge < -0.3 is 9.64 Å². The second kappa shape index (κ2) is 17.4. The highest BCUT2D eigenvalue weighted by molar-refractivity contribution is 6.31. The molecule has 72 heavy (non-hydrogen) atoms. The van der Waals surface area contributed by atoms with Crippen LogP contribution in [0.15, 0.2) is 206 Å². The van der Waals surface area contributed by atoms with Crippen LogP contribution in [-0.4, -0.2) is 7.11 Å². The second-order valence-corrected chi connectivity index (χ2v) is 20.0. The lowest BCUT2D eigenvalue weighted by Gasteiger charge is -2.30. The van der Waals surface area contributed by atoms with Gasteiger partial charge in [0.25, 0.3) is 0 Å². The fraction of sp³-hybridized carbons (Fsp3) is 0.114. The van der Waals surface area contributed by atoms with Gasteiger partial charge in [-0.1, -0.05) is 188 Å². The van der Waals surface area contributed by atoms with Crippen molar-refractivity contribution in [1.82, 2.24) is 0 Å². The van der Waals surface area contributed by atoms with E-state index in [1.54, 1.807) is 0 Å². The number of anilines is 3. The Hall–Kier alpha value is -8.46. The van der Waals surface area contributed by atoms with E-state index in [2.05, 4.69) is 239 Å². The van der Waals surface area contributed by atoms with E-state index >= 15 is 0 Å². The lowest BCUT2D eigenvalue weighted by Crippen LogP contribution is -2.11. The summed E-state index contributed by atoms with van der Waals surface area (Å²) in [5.74, 6) is 0.902. The van der Waals surface area contributed by atoms with Crippen LogP contribution in [0.4, 0.5) is 17.1 Å². The molecule has 0 heterocycles. The van der Waals surface area contributed by atoms with Crippen molar-refractivity contribution in [1.29, 1.82) is 0 Å². The van der Waals surface area contributed by atoms with Gasteiger partial charge in [-0.2, -0.15) is 0 Å². The minimum atomic E-state index is 0.902. The third-order valence-electron chi connectivity index (χ3n) is 15.3. The van der Waals surface area contributed by atoms with Crippen molar-refractivity contribution in [3.8, 4) is 39.1 Å². The maximum Gasteiger partial charge on any atom is 0.127 e. The third-order valence-corrected chi connectivity index (χ3v) is 15.3. The number of hydrogen-bond acceptors (Lipinski definition) is 2. The van der Waals surface area contributed by atoms with Crippen LogP contribution in [0.2, 0.25) is 0 Å². The molecule has 0 aliphatic heterocycles. The summed E-state index contributed by atoms with van der Waals surface area (Å²) in [6, 6.07) is 77.9. The van der Waals surface area contributed by atoms with E-state index in [-0.39, 0.29) is 0 Å². The number of rotatable bonds is 10. The summed E-state index contributed by atoms with van der Waals surface area (Å²) in [7, 11) is 1.81. The second-order valence-electron chi connectivity index (χ2n) is 20.0. The average Bonchev–Trinajstić information content (AvgIpc) is 3.41. The molecule has 13 aromatic rings. The van der Waals surface area contributed by atoms with E-state index in [1.165, 1.54) is 131 Å². The molecule has 0 spiro atoms. The zero-order valence-electron chi connectivity index (χ0n) is 41.6. The van der Waals surface area contributed by atoms with Crippen LogP contribution in [0.1, 0.15) is 42.0 Å². The van der Waals surface area contributed by atoms with Gasteiger partial charge in [0, 0.05) is 32.9 Å². The normalized spacial score (nSPS) is 11.8. The Morgan fingerprint density at radius 1 is 0.389 bits per heavy atom. The molecule has 0 amide bonds. The molecular weight excluding hydrogens is 871 g/mol. The molecule has 0 fully saturated rings. The van der Waals surface area contributed by atoms with E-state index in [1.807, 2.05) is 7.11 Å². The SMILES string of the molecule is CCCCc1cc(-c2c3ccccc3c(-c3c4ccccc4c(N(c4ccc(C)cc4)c4ccc(C)cc4)c4ccccc34)c3ccccc23)cc(-c2cc(OC)c3ccc4cc(C)cc5ccc2c3c45)c1. The van der Waals surface area contributed by atoms with Crippen LogP contribution in [0.5, 0.6) is 5.75 Å². The topological polar surface area (TPSA) is 12.5 Å². The third kappa shape index (κ3) is 7.00. The van der Waals surface area contributed by atoms with Crippen LogP contribution in [0.3, 0.4) is 0 Å². The van der Waals surface area contributed by atoms with Gasteiger partial charge in [0.1, 0.15) is 5.75 Å². The summed E-state index contributed by atoms with van der Waals surface area (Å²) < 4.78 is 6.27. The monoisotopic (exact) mass is 925 g/mol. The molecule has 0 saturated carbocycles. The Bertz CT molecular complexity index is 4080. The van der Waals surface area contributed by atoms with E-state index in [0.717, 1.165) is 41.8 Å². The van der Waals surface area contributed by atoms with Gasteiger partial charge in [-0.25, -0.2) is 0 Å². The van der Waals surface area contributed by atoms with E-state index in [0.29, 0.717) is 0 Å². The largest absolute Gasteiger partial charge is 0.496 e. The maximum atomic E-state index is 6.27. The van der Waals surface area contributed by atoms with Gasteiger partial charge in [-0.3, -0.25) is 0 Å². The highest BCUT2D eigenvalue weighted by Crippen LogP contribution is 2.53. The summed E-state index contributed by atoms with van der Waals surface area (Å²) in [5.41, 5.74) is 15.9. The summed E-state index contributed by atoms with van der Waals surface area (Å²) in [6.45, 7) is 8.80. The predicted octanol–water partition coefficient (Wildman–Crippen LogP) is 19.9. The zero-order valence-corrected chi connectivity index (χ0v) is 41.6. The first-order valence-electron chi connectivity index (χ1n) is 25.6. The molecular formula is C70H55NO. The summed E-state index contributed by atoms with van der Waals surface area (Å²) in [6.07, 6.45) is 3.24. The van der Waals surface area contributed by atoms with Crippen molar-refractivity contribution in [2.24, 2.45) is 0 Å². The van der Waals surface area contributed by atoms with Crippen LogP contribution in [0.25, 0.3) is 109 Å². The van der Waals surface area contributed by atoms with Crippen molar-refractivity contribution >= 4 is 92.5 Å². The Morgan fingerprint density at radius 3 is 1.35 bits per heavy atom. The van der Waals surface area contributed by atoms with Crippen molar-refractivity contribution in [3.05, 3.63) is 229 Å². The smallest absolute Gasteiger partial charge is 0.127 e. The predicted molar refractivity (Wildman–Crippen MR) is 311 cm³/mol. The summed E-state index contributed by atoms with van der Waals surface area (Å²) in [4.78, 5) is 2.47. The van der Waals surface area contributed by atoms with E-state index in [4.69, 9.17) is 4.74 Å². The summed E-state index contributed by atoms with van der Waals surface area (Å²) in [5, 5.41) is 17.3. The number of hydrogen-bond donors (Lipinski definition) is 0. The van der Waals surface area contributed by atoms with Crippen molar-refractivity contribution in [2.75, 3.05) is 12.0 Å². The Balaban J connectivity index is 1.10. The van der Waals surface area contributed by atoms with Gasteiger partial charge in [0.05, 0.1) is 12.8 Å². The lowest BCUT2D eigenvalue weighted by molar-refractivity contribution is 0.420. The molecule has 0 aliphatic rings. The molecule has 0 atom stereocenters. The molecule has 13 aromatic carbocycles. The zero-order chi connectivity index (χ0) is 48.6. The number of fused-ring (bicyclic) bond motifs is 4. The highest BCUT2D eigenvalue weighted by Gasteiger charge is 2.26. The van der Waals surface area contributed by atoms with Gasteiger partial charge in [-0.05, 0) is 174 Å². The van der Waals surface area contributed by atoms with Crippen LogP contribution < -0.4 is 9.64 Å². The standard InChI is InChI=1S/C70H55NO/c1-6-7-16-46-39-49(63-42-64(72-5)62-36-30-48-38-45(4)37-47-29-35-59(63)69(62)65(47)48)41-50(40-46)66-53-17-8-10-19-55(53)67(56-20-11-9-18-54(56)66)68-57-21-12-14-23-60(57)70(61-24-15-13-22-58(61)68)71(51-31-25-43(2)26-32-51)52-33-27-44(3)28-34-52/h8-15,17-42H,6-7,16H2,1-5H3. The van der Waals surface area contributed by atoms with Crippen LogP contribution >= 0.6 is 0 Å². The summed E-state index contributed by atoms with van der Waals surface area (Å²) >= 11 is 0. The molecule has 13 rings (SSSR count). The van der Waals surface area contributed by atoms with Crippen molar-refractivity contribution in [2.45, 2.75) is 47.0 Å². The molecule has 0 aromatic heterocycles. The number of aryl methyl sites for hydroxylation is 4. The Kier molecular flexibility index (Phi) is 10.5. The van der Waals surface area contributed by atoms with E-state index < -0.39 is 0 Å². The fourth-order valence-electron chi connectivity index (χ4n) is 12.1. The fourth-order valence-corrected chi connectivity index (χ4v) is 12.1. The average molecular weight is 926 g/mol. The molecule has 0 radical (unpaired) electrons.